The lowest BCUT2D eigenvalue weighted by atomic mass is 9.87. The highest BCUT2D eigenvalue weighted by molar-refractivity contribution is 4.81. The Labute approximate surface area is 93.4 Å². The summed E-state index contributed by atoms with van der Waals surface area (Å²) in [5, 5.41) is 8.96. The first-order valence-electron chi connectivity index (χ1n) is 5.51. The Hall–Kier alpha value is -0.330. The molecule has 0 spiro atoms. The van der Waals surface area contributed by atoms with Crippen molar-refractivity contribution in [2.45, 2.75) is 25.6 Å². The van der Waals surface area contributed by atoms with E-state index < -0.39 is 12.3 Å². The second-order valence-corrected chi connectivity index (χ2v) is 4.58. The second kappa shape index (κ2) is 5.33. The molecular weight excluding hydrogens is 221 g/mol. The highest BCUT2D eigenvalue weighted by Gasteiger charge is 2.40. The van der Waals surface area contributed by atoms with Gasteiger partial charge in [0.15, 0.2) is 6.10 Å². The Kier molecular flexibility index (Phi) is 4.58. The number of hydrogen-bond donors (Lipinski definition) is 2. The van der Waals surface area contributed by atoms with E-state index in [0.717, 1.165) is 6.42 Å². The molecule has 1 aliphatic heterocycles. The Morgan fingerprint density at radius 3 is 2.62 bits per heavy atom. The standard InChI is InChI=1S/C10H19F3N2O/c1-7-2-3-15(5-8(7)4-14)6-9(16)10(11,12)13/h7-9,16H,2-6,14H2,1H3. The van der Waals surface area contributed by atoms with Crippen molar-refractivity contribution in [3.63, 3.8) is 0 Å². The summed E-state index contributed by atoms with van der Waals surface area (Å²) in [7, 11) is 0. The van der Waals surface area contributed by atoms with Crippen LogP contribution in [-0.2, 0) is 0 Å². The SMILES string of the molecule is CC1CCN(CC(O)C(F)(F)F)CC1CN. The predicted octanol–water partition coefficient (Wildman–Crippen LogP) is 0.826. The maximum absolute atomic E-state index is 12.2. The van der Waals surface area contributed by atoms with Crippen molar-refractivity contribution in [1.29, 1.82) is 0 Å². The minimum Gasteiger partial charge on any atom is -0.382 e. The van der Waals surface area contributed by atoms with Gasteiger partial charge in [0.25, 0.3) is 0 Å². The summed E-state index contributed by atoms with van der Waals surface area (Å²) >= 11 is 0. The van der Waals surface area contributed by atoms with Gasteiger partial charge in [-0.2, -0.15) is 13.2 Å². The fourth-order valence-electron chi connectivity index (χ4n) is 2.05. The summed E-state index contributed by atoms with van der Waals surface area (Å²) < 4.78 is 36.5. The summed E-state index contributed by atoms with van der Waals surface area (Å²) in [6.07, 6.45) is -5.94. The molecule has 0 saturated carbocycles. The largest absolute Gasteiger partial charge is 0.415 e. The number of likely N-dealkylation sites (tertiary alicyclic amines) is 1. The van der Waals surface area contributed by atoms with Crippen LogP contribution in [0.15, 0.2) is 0 Å². The number of aliphatic hydroxyl groups is 1. The Morgan fingerprint density at radius 2 is 2.12 bits per heavy atom. The third kappa shape index (κ3) is 3.61. The third-order valence-corrected chi connectivity index (χ3v) is 3.31. The molecule has 1 saturated heterocycles. The molecule has 3 nitrogen and oxygen atoms in total. The molecule has 0 aliphatic carbocycles. The van der Waals surface area contributed by atoms with E-state index in [2.05, 4.69) is 6.92 Å². The summed E-state index contributed by atoms with van der Waals surface area (Å²) in [6, 6.07) is 0. The van der Waals surface area contributed by atoms with Crippen LogP contribution in [0.2, 0.25) is 0 Å². The van der Waals surface area contributed by atoms with Gasteiger partial charge in [-0.15, -0.1) is 0 Å². The number of nitrogens with two attached hydrogens (primary N) is 1. The molecule has 1 fully saturated rings. The summed E-state index contributed by atoms with van der Waals surface area (Å²) in [4.78, 5) is 1.65. The molecule has 0 aromatic carbocycles. The van der Waals surface area contributed by atoms with Crippen LogP contribution >= 0.6 is 0 Å². The van der Waals surface area contributed by atoms with Crippen molar-refractivity contribution in [1.82, 2.24) is 4.90 Å². The van der Waals surface area contributed by atoms with Gasteiger partial charge < -0.3 is 15.7 Å². The lowest BCUT2D eigenvalue weighted by Gasteiger charge is -2.37. The molecule has 0 radical (unpaired) electrons. The number of nitrogens with zero attached hydrogens (tertiary/aromatic N) is 1. The van der Waals surface area contributed by atoms with Gasteiger partial charge in [-0.1, -0.05) is 6.92 Å². The van der Waals surface area contributed by atoms with Crippen molar-refractivity contribution in [3.05, 3.63) is 0 Å². The number of hydrogen-bond acceptors (Lipinski definition) is 3. The zero-order valence-electron chi connectivity index (χ0n) is 9.37. The quantitative estimate of drug-likeness (QED) is 0.768. The van der Waals surface area contributed by atoms with E-state index >= 15 is 0 Å². The molecule has 1 rings (SSSR count). The molecule has 0 aromatic heterocycles. The Morgan fingerprint density at radius 1 is 1.50 bits per heavy atom. The maximum atomic E-state index is 12.2. The van der Waals surface area contributed by atoms with E-state index in [9.17, 15) is 13.2 Å². The molecule has 0 aromatic rings. The molecule has 1 aliphatic rings. The van der Waals surface area contributed by atoms with E-state index in [1.54, 1.807) is 4.90 Å². The van der Waals surface area contributed by atoms with Crippen LogP contribution in [0.25, 0.3) is 0 Å². The van der Waals surface area contributed by atoms with Crippen molar-refractivity contribution >= 4 is 0 Å². The van der Waals surface area contributed by atoms with Crippen LogP contribution in [0.5, 0.6) is 0 Å². The monoisotopic (exact) mass is 240 g/mol. The van der Waals surface area contributed by atoms with Crippen molar-refractivity contribution in [3.8, 4) is 0 Å². The van der Waals surface area contributed by atoms with Crippen LogP contribution < -0.4 is 5.73 Å². The van der Waals surface area contributed by atoms with E-state index in [0.29, 0.717) is 25.6 Å². The molecule has 1 heterocycles. The lowest BCUT2D eigenvalue weighted by molar-refractivity contribution is -0.209. The molecule has 96 valence electrons. The molecule has 16 heavy (non-hydrogen) atoms. The third-order valence-electron chi connectivity index (χ3n) is 3.31. The van der Waals surface area contributed by atoms with Crippen molar-refractivity contribution in [2.24, 2.45) is 17.6 Å². The van der Waals surface area contributed by atoms with Crippen LogP contribution in [0.1, 0.15) is 13.3 Å². The summed E-state index contributed by atoms with van der Waals surface area (Å²) in [5.74, 6) is 0.679. The first-order chi connectivity index (χ1) is 7.34. The van der Waals surface area contributed by atoms with E-state index in [1.165, 1.54) is 0 Å². The van der Waals surface area contributed by atoms with Crippen LogP contribution in [0.4, 0.5) is 13.2 Å². The Balaban J connectivity index is 2.44. The molecular formula is C10H19F3N2O. The normalized spacial score (nSPS) is 30.4. The fourth-order valence-corrected chi connectivity index (χ4v) is 2.05. The molecule has 3 unspecified atom stereocenters. The number of aliphatic hydroxyl groups excluding tert-OH is 1. The predicted molar refractivity (Wildman–Crippen MR) is 54.8 cm³/mol. The maximum Gasteiger partial charge on any atom is 0.415 e. The minimum atomic E-state index is -4.53. The van der Waals surface area contributed by atoms with Gasteiger partial charge in [-0.25, -0.2) is 0 Å². The first-order valence-corrected chi connectivity index (χ1v) is 5.51. The van der Waals surface area contributed by atoms with Crippen molar-refractivity contribution in [2.75, 3.05) is 26.2 Å². The number of rotatable bonds is 3. The highest BCUT2D eigenvalue weighted by atomic mass is 19.4. The van der Waals surface area contributed by atoms with E-state index in [-0.39, 0.29) is 12.5 Å². The van der Waals surface area contributed by atoms with Gasteiger partial charge in [0.05, 0.1) is 0 Å². The molecule has 0 bridgehead atoms. The fraction of sp³-hybridized carbons (Fsp3) is 1.00. The summed E-state index contributed by atoms with van der Waals surface area (Å²) in [5.41, 5.74) is 5.56. The topological polar surface area (TPSA) is 49.5 Å². The van der Waals surface area contributed by atoms with Crippen LogP contribution in [0.3, 0.4) is 0 Å². The van der Waals surface area contributed by atoms with Crippen molar-refractivity contribution < 1.29 is 18.3 Å². The second-order valence-electron chi connectivity index (χ2n) is 4.58. The zero-order valence-corrected chi connectivity index (χ0v) is 9.37. The van der Waals surface area contributed by atoms with Crippen LogP contribution in [-0.4, -0.2) is 48.5 Å². The number of alkyl halides is 3. The van der Waals surface area contributed by atoms with E-state index in [4.69, 9.17) is 10.8 Å². The number of β-amino-alcohol motifs (C(OH)–C–C–N with tert-alkyl or cyclic N) is 1. The van der Waals surface area contributed by atoms with Gasteiger partial charge in [0, 0.05) is 13.1 Å². The van der Waals surface area contributed by atoms with Gasteiger partial charge in [-0.05, 0) is 31.3 Å². The molecule has 6 heteroatoms. The smallest absolute Gasteiger partial charge is 0.382 e. The summed E-state index contributed by atoms with van der Waals surface area (Å²) in [6.45, 7) is 3.36. The highest BCUT2D eigenvalue weighted by Crippen LogP contribution is 2.25. The van der Waals surface area contributed by atoms with Gasteiger partial charge in [0.1, 0.15) is 0 Å². The number of piperidine rings is 1. The minimum absolute atomic E-state index is 0.231. The Bertz CT molecular complexity index is 223. The average Bonchev–Trinajstić information content (AvgIpc) is 2.19. The first kappa shape index (κ1) is 13.7. The lowest BCUT2D eigenvalue weighted by Crippen LogP contribution is -2.48. The average molecular weight is 240 g/mol. The number of halogens is 3. The van der Waals surface area contributed by atoms with E-state index in [1.807, 2.05) is 0 Å². The molecule has 0 amide bonds. The molecule has 3 N–H and O–H groups in total. The van der Waals surface area contributed by atoms with Gasteiger partial charge in [0.2, 0.25) is 0 Å². The molecule has 3 atom stereocenters. The van der Waals surface area contributed by atoms with Gasteiger partial charge in [-0.3, -0.25) is 0 Å². The van der Waals surface area contributed by atoms with Crippen LogP contribution in [0, 0.1) is 11.8 Å². The van der Waals surface area contributed by atoms with Gasteiger partial charge >= 0.3 is 6.18 Å². The zero-order chi connectivity index (χ0) is 12.3.